The molecule has 0 aliphatic carbocycles. The zero-order valence-corrected chi connectivity index (χ0v) is 8.78. The Morgan fingerprint density at radius 3 is 2.33 bits per heavy atom. The van der Waals surface area contributed by atoms with Crippen LogP contribution >= 0.6 is 0 Å². The van der Waals surface area contributed by atoms with Crippen LogP contribution < -0.4 is 10.6 Å². The summed E-state index contributed by atoms with van der Waals surface area (Å²) in [5.41, 5.74) is 0.700. The molecule has 0 saturated carbocycles. The molecule has 0 fully saturated rings. The van der Waals surface area contributed by atoms with E-state index in [1.165, 1.54) is 6.92 Å². The molecule has 1 rings (SSSR count). The van der Waals surface area contributed by atoms with Crippen LogP contribution in [0, 0.1) is 0 Å². The van der Waals surface area contributed by atoms with E-state index in [-0.39, 0.29) is 11.8 Å². The van der Waals surface area contributed by atoms with Gasteiger partial charge in [0, 0.05) is 5.69 Å². The maximum absolute atomic E-state index is 11.4. The summed E-state index contributed by atoms with van der Waals surface area (Å²) < 4.78 is 0. The first-order valence-electron chi connectivity index (χ1n) is 4.72. The normalized spacial score (nSPS) is 11.6. The highest BCUT2D eigenvalue weighted by Gasteiger charge is 2.10. The Hall–Kier alpha value is -1.84. The lowest BCUT2D eigenvalue weighted by Gasteiger charge is -2.11. The van der Waals surface area contributed by atoms with Gasteiger partial charge in [-0.3, -0.25) is 4.79 Å². The SMILES string of the molecule is CC(=O)C(C)NC(=O)Nc1ccccc1. The van der Waals surface area contributed by atoms with Gasteiger partial charge in [0.05, 0.1) is 6.04 Å². The average Bonchev–Trinajstić information content (AvgIpc) is 2.18. The summed E-state index contributed by atoms with van der Waals surface area (Å²) in [6.07, 6.45) is 0. The number of anilines is 1. The molecule has 1 aromatic carbocycles. The fourth-order valence-corrected chi connectivity index (χ4v) is 0.987. The van der Waals surface area contributed by atoms with Gasteiger partial charge < -0.3 is 10.6 Å². The molecule has 0 saturated heterocycles. The molecule has 0 radical (unpaired) electrons. The first-order chi connectivity index (χ1) is 7.09. The van der Waals surface area contributed by atoms with Crippen LogP contribution in [0.1, 0.15) is 13.8 Å². The molecule has 1 unspecified atom stereocenters. The molecule has 2 amide bonds. The van der Waals surface area contributed by atoms with Crippen molar-refractivity contribution in [3.8, 4) is 0 Å². The van der Waals surface area contributed by atoms with E-state index in [1.807, 2.05) is 18.2 Å². The van der Waals surface area contributed by atoms with Gasteiger partial charge in [-0.25, -0.2) is 4.79 Å². The minimum Gasteiger partial charge on any atom is -0.328 e. The molecular formula is C11H14N2O2. The van der Waals surface area contributed by atoms with Gasteiger partial charge >= 0.3 is 6.03 Å². The van der Waals surface area contributed by atoms with Crippen LogP contribution in [0.15, 0.2) is 30.3 Å². The van der Waals surface area contributed by atoms with Gasteiger partial charge in [0.1, 0.15) is 0 Å². The number of urea groups is 1. The second kappa shape index (κ2) is 5.14. The highest BCUT2D eigenvalue weighted by molar-refractivity contribution is 5.93. The van der Waals surface area contributed by atoms with Gasteiger partial charge in [-0.2, -0.15) is 0 Å². The molecule has 0 aliphatic heterocycles. The summed E-state index contributed by atoms with van der Waals surface area (Å²) in [4.78, 5) is 22.2. The first kappa shape index (κ1) is 11.2. The molecular weight excluding hydrogens is 192 g/mol. The highest BCUT2D eigenvalue weighted by Crippen LogP contribution is 2.04. The maximum atomic E-state index is 11.4. The predicted octanol–water partition coefficient (Wildman–Crippen LogP) is 1.79. The van der Waals surface area contributed by atoms with E-state index in [0.29, 0.717) is 5.69 Å². The van der Waals surface area contributed by atoms with Gasteiger partial charge in [0.15, 0.2) is 5.78 Å². The lowest BCUT2D eigenvalue weighted by molar-refractivity contribution is -0.118. The Morgan fingerprint density at radius 2 is 1.80 bits per heavy atom. The van der Waals surface area contributed by atoms with E-state index in [9.17, 15) is 9.59 Å². The van der Waals surface area contributed by atoms with Crippen LogP contribution in [-0.4, -0.2) is 17.9 Å². The Morgan fingerprint density at radius 1 is 1.20 bits per heavy atom. The number of carbonyl (C=O) groups excluding carboxylic acids is 2. The van der Waals surface area contributed by atoms with E-state index in [4.69, 9.17) is 0 Å². The van der Waals surface area contributed by atoms with Crippen LogP contribution in [-0.2, 0) is 4.79 Å². The summed E-state index contributed by atoms with van der Waals surface area (Å²) in [6.45, 7) is 3.08. The topological polar surface area (TPSA) is 58.2 Å². The number of para-hydroxylation sites is 1. The maximum Gasteiger partial charge on any atom is 0.319 e. The Labute approximate surface area is 88.7 Å². The number of ketones is 1. The van der Waals surface area contributed by atoms with E-state index < -0.39 is 6.04 Å². The first-order valence-corrected chi connectivity index (χ1v) is 4.72. The van der Waals surface area contributed by atoms with Crippen molar-refractivity contribution in [2.24, 2.45) is 0 Å². The van der Waals surface area contributed by atoms with Gasteiger partial charge in [-0.1, -0.05) is 18.2 Å². The van der Waals surface area contributed by atoms with Crippen LogP contribution in [0.25, 0.3) is 0 Å². The number of carbonyl (C=O) groups is 2. The number of hydrogen-bond donors (Lipinski definition) is 2. The van der Waals surface area contributed by atoms with Crippen LogP contribution in [0.5, 0.6) is 0 Å². The van der Waals surface area contributed by atoms with E-state index in [1.54, 1.807) is 19.1 Å². The molecule has 0 aromatic heterocycles. The number of nitrogens with one attached hydrogen (secondary N) is 2. The number of rotatable bonds is 3. The molecule has 80 valence electrons. The van der Waals surface area contributed by atoms with Crippen molar-refractivity contribution >= 4 is 17.5 Å². The second-order valence-corrected chi connectivity index (χ2v) is 3.30. The number of benzene rings is 1. The van der Waals surface area contributed by atoms with Crippen LogP contribution in [0.4, 0.5) is 10.5 Å². The molecule has 0 heterocycles. The molecule has 4 nitrogen and oxygen atoms in total. The van der Waals surface area contributed by atoms with Gasteiger partial charge in [0.25, 0.3) is 0 Å². The second-order valence-electron chi connectivity index (χ2n) is 3.30. The zero-order chi connectivity index (χ0) is 11.3. The predicted molar refractivity (Wildman–Crippen MR) is 58.7 cm³/mol. The largest absolute Gasteiger partial charge is 0.328 e. The lowest BCUT2D eigenvalue weighted by atomic mass is 10.2. The third kappa shape index (κ3) is 3.81. The summed E-state index contributed by atoms with van der Waals surface area (Å²) in [5, 5.41) is 5.15. The molecule has 4 heteroatoms. The summed E-state index contributed by atoms with van der Waals surface area (Å²) in [7, 11) is 0. The monoisotopic (exact) mass is 206 g/mol. The smallest absolute Gasteiger partial charge is 0.319 e. The summed E-state index contributed by atoms with van der Waals surface area (Å²) in [5.74, 6) is -0.0711. The number of amides is 2. The van der Waals surface area contributed by atoms with Gasteiger partial charge in [-0.15, -0.1) is 0 Å². The third-order valence-corrected chi connectivity index (χ3v) is 1.99. The van der Waals surface area contributed by atoms with Crippen molar-refractivity contribution in [3.63, 3.8) is 0 Å². The minimum absolute atomic E-state index is 0.0711. The van der Waals surface area contributed by atoms with E-state index in [2.05, 4.69) is 10.6 Å². The summed E-state index contributed by atoms with van der Waals surface area (Å²) >= 11 is 0. The Bertz CT molecular complexity index is 349. The van der Waals surface area contributed by atoms with Crippen molar-refractivity contribution < 1.29 is 9.59 Å². The fourth-order valence-electron chi connectivity index (χ4n) is 0.987. The Balaban J connectivity index is 2.47. The van der Waals surface area contributed by atoms with Crippen molar-refractivity contribution in [1.29, 1.82) is 0 Å². The van der Waals surface area contributed by atoms with Gasteiger partial charge in [0.2, 0.25) is 0 Å². The van der Waals surface area contributed by atoms with Crippen molar-refractivity contribution in [1.82, 2.24) is 5.32 Å². The average molecular weight is 206 g/mol. The van der Waals surface area contributed by atoms with Crippen molar-refractivity contribution in [3.05, 3.63) is 30.3 Å². The molecule has 0 bridgehead atoms. The van der Waals surface area contributed by atoms with Crippen LogP contribution in [0.3, 0.4) is 0 Å². The summed E-state index contributed by atoms with van der Waals surface area (Å²) in [6, 6.07) is 8.23. The number of Topliss-reactive ketones (excluding diaryl/α,β-unsaturated/α-hetero) is 1. The highest BCUT2D eigenvalue weighted by atomic mass is 16.2. The minimum atomic E-state index is -0.464. The van der Waals surface area contributed by atoms with E-state index in [0.717, 1.165) is 0 Å². The third-order valence-electron chi connectivity index (χ3n) is 1.99. The van der Waals surface area contributed by atoms with Gasteiger partial charge in [-0.05, 0) is 26.0 Å². The molecule has 15 heavy (non-hydrogen) atoms. The standard InChI is InChI=1S/C11H14N2O2/c1-8(9(2)14)12-11(15)13-10-6-4-3-5-7-10/h3-8H,1-2H3,(H2,12,13,15). The lowest BCUT2D eigenvalue weighted by Crippen LogP contribution is -2.39. The molecule has 2 N–H and O–H groups in total. The number of hydrogen-bond acceptors (Lipinski definition) is 2. The quantitative estimate of drug-likeness (QED) is 0.792. The fraction of sp³-hybridized carbons (Fsp3) is 0.273. The zero-order valence-electron chi connectivity index (χ0n) is 8.78. The van der Waals surface area contributed by atoms with Crippen molar-refractivity contribution in [2.45, 2.75) is 19.9 Å². The van der Waals surface area contributed by atoms with Crippen molar-refractivity contribution in [2.75, 3.05) is 5.32 Å². The molecule has 1 aromatic rings. The molecule has 0 spiro atoms. The molecule has 0 aliphatic rings. The molecule has 1 atom stereocenters. The van der Waals surface area contributed by atoms with Crippen LogP contribution in [0.2, 0.25) is 0 Å². The Kier molecular flexibility index (Phi) is 3.85. The van der Waals surface area contributed by atoms with E-state index >= 15 is 0 Å².